The van der Waals surface area contributed by atoms with Gasteiger partial charge in [0.15, 0.2) is 0 Å². The zero-order valence-corrected chi connectivity index (χ0v) is 20.2. The average molecular weight is 452 g/mol. The van der Waals surface area contributed by atoms with Crippen molar-refractivity contribution in [2.45, 2.75) is 84.5 Å². The van der Waals surface area contributed by atoms with Crippen LogP contribution >= 0.6 is 0 Å². The lowest BCUT2D eigenvalue weighted by Gasteiger charge is -2.29. The highest BCUT2D eigenvalue weighted by atomic mass is 16.6. The molecule has 0 amide bonds. The van der Waals surface area contributed by atoms with Gasteiger partial charge >= 0.3 is 0 Å². The van der Waals surface area contributed by atoms with Crippen LogP contribution in [0.3, 0.4) is 0 Å². The normalized spacial score (nSPS) is 14.6. The van der Waals surface area contributed by atoms with Crippen molar-refractivity contribution in [2.24, 2.45) is 0 Å². The molecule has 0 bridgehead atoms. The molecule has 0 aliphatic rings. The number of hydrogen-bond donors (Lipinski definition) is 1. The molecule has 2 heterocycles. The summed E-state index contributed by atoms with van der Waals surface area (Å²) >= 11 is 0. The number of nitrogens with one attached hydrogen (secondary N) is 1. The molecule has 32 heavy (non-hydrogen) atoms. The van der Waals surface area contributed by atoms with E-state index in [9.17, 15) is 4.79 Å². The van der Waals surface area contributed by atoms with Gasteiger partial charge in [-0.05, 0) is 38.3 Å². The molecular weight excluding hydrogens is 410 g/mol. The van der Waals surface area contributed by atoms with Crippen LogP contribution in [0.25, 0.3) is 5.52 Å². The monoisotopic (exact) mass is 451 g/mol. The fraction of sp³-hybridized carbons (Fsp3) is 0.750. The topological polar surface area (TPSA) is 87.1 Å². The molecule has 182 valence electrons. The smallest absolute Gasteiger partial charge is 0.275 e. The first-order valence-corrected chi connectivity index (χ1v) is 12.1. The Kier molecular flexibility index (Phi) is 12.6. The molecule has 0 spiro atoms. The van der Waals surface area contributed by atoms with Crippen LogP contribution in [0.4, 0.5) is 0 Å². The Balaban J connectivity index is 2.20. The Hall–Kier alpha value is -1.74. The number of unbranched alkanes of at least 4 members (excludes halogenated alkanes) is 3. The molecule has 0 aromatic carbocycles. The van der Waals surface area contributed by atoms with E-state index in [0.717, 1.165) is 44.2 Å². The molecule has 2 rings (SSSR count). The predicted octanol–water partition coefficient (Wildman–Crippen LogP) is 4.29. The van der Waals surface area contributed by atoms with Crippen molar-refractivity contribution >= 4 is 5.52 Å². The maximum Gasteiger partial charge on any atom is 0.275 e. The van der Waals surface area contributed by atoms with Gasteiger partial charge < -0.3 is 23.9 Å². The Morgan fingerprint density at radius 1 is 0.969 bits per heavy atom. The minimum atomic E-state index is -0.402. The quantitative estimate of drug-likeness (QED) is 0.340. The van der Waals surface area contributed by atoms with Crippen LogP contribution in [-0.4, -0.2) is 59.8 Å². The van der Waals surface area contributed by atoms with Gasteiger partial charge in [0.2, 0.25) is 0 Å². The van der Waals surface area contributed by atoms with E-state index in [1.807, 2.05) is 13.0 Å². The standard InChI is InChI=1S/C24H41N3O5/c1-5-8-13-29-16-22(19(4)31-15-10-7-3)32-23(17-30-14-9-6-2)20-11-12-21-24(28)25-18-26-27(20)21/h11-12,18-19,22-23H,5-10,13-17H2,1-4H3,(H,25,26,28)/t19-,22+,23+/m0/s1. The van der Waals surface area contributed by atoms with Crippen molar-refractivity contribution in [3.63, 3.8) is 0 Å². The van der Waals surface area contributed by atoms with Gasteiger partial charge in [0.05, 0.1) is 25.0 Å². The molecule has 3 atom stereocenters. The van der Waals surface area contributed by atoms with Gasteiger partial charge in [-0.1, -0.05) is 40.0 Å². The fourth-order valence-corrected chi connectivity index (χ4v) is 3.30. The number of nitrogens with zero attached hydrogens (tertiary/aromatic N) is 2. The van der Waals surface area contributed by atoms with Gasteiger partial charge in [-0.25, -0.2) is 4.52 Å². The number of hydrogen-bond acceptors (Lipinski definition) is 6. The maximum absolute atomic E-state index is 12.2. The fourth-order valence-electron chi connectivity index (χ4n) is 3.30. The van der Waals surface area contributed by atoms with Crippen molar-refractivity contribution in [2.75, 3.05) is 33.0 Å². The van der Waals surface area contributed by atoms with Crippen molar-refractivity contribution in [1.29, 1.82) is 0 Å². The van der Waals surface area contributed by atoms with Crippen LogP contribution < -0.4 is 5.56 Å². The molecule has 1 N–H and O–H groups in total. The molecule has 8 heteroatoms. The second-order valence-corrected chi connectivity index (χ2v) is 8.12. The van der Waals surface area contributed by atoms with Crippen molar-refractivity contribution < 1.29 is 18.9 Å². The molecule has 2 aromatic rings. The minimum absolute atomic E-state index is 0.135. The molecule has 0 aliphatic heterocycles. The summed E-state index contributed by atoms with van der Waals surface area (Å²) in [5.74, 6) is 0. The minimum Gasteiger partial charge on any atom is -0.379 e. The third kappa shape index (κ3) is 8.31. The van der Waals surface area contributed by atoms with Gasteiger partial charge in [0.25, 0.3) is 5.56 Å². The summed E-state index contributed by atoms with van der Waals surface area (Å²) in [5, 5.41) is 4.33. The number of aromatic amines is 1. The van der Waals surface area contributed by atoms with E-state index in [1.165, 1.54) is 6.33 Å². The molecule has 0 unspecified atom stereocenters. The average Bonchev–Trinajstić information content (AvgIpc) is 3.23. The Bertz CT molecular complexity index is 806. The summed E-state index contributed by atoms with van der Waals surface area (Å²) in [5.41, 5.74) is 1.07. The number of H-pyrrole nitrogens is 1. The lowest BCUT2D eigenvalue weighted by Crippen LogP contribution is -2.36. The summed E-state index contributed by atoms with van der Waals surface area (Å²) in [6, 6.07) is 3.64. The van der Waals surface area contributed by atoms with E-state index in [4.69, 9.17) is 18.9 Å². The highest BCUT2D eigenvalue weighted by molar-refractivity contribution is 5.46. The summed E-state index contributed by atoms with van der Waals surface area (Å²) in [4.78, 5) is 14.8. The van der Waals surface area contributed by atoms with Crippen LogP contribution in [0.15, 0.2) is 23.3 Å². The van der Waals surface area contributed by atoms with E-state index in [1.54, 1.807) is 10.6 Å². The number of aromatic nitrogens is 3. The van der Waals surface area contributed by atoms with Gasteiger partial charge in [-0.3, -0.25) is 4.79 Å². The highest BCUT2D eigenvalue weighted by Gasteiger charge is 2.27. The van der Waals surface area contributed by atoms with Gasteiger partial charge in [0.1, 0.15) is 24.1 Å². The van der Waals surface area contributed by atoms with E-state index >= 15 is 0 Å². The van der Waals surface area contributed by atoms with Gasteiger partial charge in [-0.15, -0.1) is 0 Å². The van der Waals surface area contributed by atoms with Crippen molar-refractivity contribution in [3.05, 3.63) is 34.5 Å². The highest BCUT2D eigenvalue weighted by Crippen LogP contribution is 2.23. The number of ether oxygens (including phenoxy) is 4. The van der Waals surface area contributed by atoms with Crippen molar-refractivity contribution in [1.82, 2.24) is 14.6 Å². The molecule has 2 aromatic heterocycles. The SMILES string of the molecule is CCCCOC[C@@H](O[C@H](COCCCC)[C@H](C)OCCCC)c1ccc2c(=O)[nH]cnn12. The third-order valence-corrected chi connectivity index (χ3v) is 5.39. The first-order valence-electron chi connectivity index (χ1n) is 12.1. The molecule has 0 radical (unpaired) electrons. The Morgan fingerprint density at radius 2 is 1.62 bits per heavy atom. The van der Waals surface area contributed by atoms with E-state index in [-0.39, 0.29) is 17.8 Å². The van der Waals surface area contributed by atoms with Crippen molar-refractivity contribution in [3.8, 4) is 0 Å². The summed E-state index contributed by atoms with van der Waals surface area (Å²) in [6.45, 7) is 11.3. The first-order chi connectivity index (χ1) is 15.6. The van der Waals surface area contributed by atoms with Crippen LogP contribution in [0.2, 0.25) is 0 Å². The molecule has 0 saturated heterocycles. The van der Waals surface area contributed by atoms with Crippen LogP contribution in [0.1, 0.15) is 78.0 Å². The first kappa shape index (κ1) is 26.5. The summed E-state index contributed by atoms with van der Waals surface area (Å²) in [6.07, 6.45) is 6.82. The lowest BCUT2D eigenvalue weighted by molar-refractivity contribution is -0.141. The second kappa shape index (κ2) is 15.2. The molecular formula is C24H41N3O5. The molecule has 8 nitrogen and oxygen atoms in total. The van der Waals surface area contributed by atoms with Crippen LogP contribution in [-0.2, 0) is 18.9 Å². The third-order valence-electron chi connectivity index (χ3n) is 5.39. The predicted molar refractivity (Wildman–Crippen MR) is 125 cm³/mol. The summed E-state index contributed by atoms with van der Waals surface area (Å²) < 4.78 is 26.1. The van der Waals surface area contributed by atoms with Gasteiger partial charge in [-0.2, -0.15) is 5.10 Å². The zero-order chi connectivity index (χ0) is 23.2. The number of fused-ring (bicyclic) bond motifs is 1. The zero-order valence-electron chi connectivity index (χ0n) is 20.2. The van der Waals surface area contributed by atoms with Crippen LogP contribution in [0, 0.1) is 0 Å². The van der Waals surface area contributed by atoms with Crippen LogP contribution in [0.5, 0.6) is 0 Å². The Morgan fingerprint density at radius 3 is 2.31 bits per heavy atom. The molecule has 0 saturated carbocycles. The number of rotatable bonds is 18. The van der Waals surface area contributed by atoms with E-state index < -0.39 is 6.10 Å². The summed E-state index contributed by atoms with van der Waals surface area (Å²) in [7, 11) is 0. The largest absolute Gasteiger partial charge is 0.379 e. The van der Waals surface area contributed by atoms with E-state index in [2.05, 4.69) is 30.9 Å². The second-order valence-electron chi connectivity index (χ2n) is 8.12. The maximum atomic E-state index is 12.2. The molecule has 0 fully saturated rings. The van der Waals surface area contributed by atoms with Gasteiger partial charge in [0, 0.05) is 19.8 Å². The molecule has 0 aliphatic carbocycles. The van der Waals surface area contributed by atoms with E-state index in [0.29, 0.717) is 38.6 Å². The Labute approximate surface area is 191 Å². The lowest BCUT2D eigenvalue weighted by atomic mass is 10.2.